The number of rotatable bonds is 9. The van der Waals surface area contributed by atoms with Gasteiger partial charge in [-0.25, -0.2) is 8.42 Å². The lowest BCUT2D eigenvalue weighted by Gasteiger charge is -2.07. The fraction of sp³-hybridized carbons (Fsp3) is 0.400. The molecule has 2 N–H and O–H groups in total. The predicted octanol–water partition coefficient (Wildman–Crippen LogP) is -0.354. The highest BCUT2D eigenvalue weighted by molar-refractivity contribution is 7.91. The fourth-order valence-corrected chi connectivity index (χ4v) is 2.91. The summed E-state index contributed by atoms with van der Waals surface area (Å²) in [4.78, 5) is 34.2. The first-order valence-corrected chi connectivity index (χ1v) is 8.97. The van der Waals surface area contributed by atoms with Crippen LogP contribution in [0.1, 0.15) is 13.3 Å². The molecule has 0 atom stereocenters. The SMILES string of the molecule is CCNC(=O)CNC(=O)COC(=O)CCS(=O)(=O)c1ccccc1. The van der Waals surface area contributed by atoms with E-state index in [1.165, 1.54) is 12.1 Å². The molecule has 0 aliphatic carbocycles. The summed E-state index contributed by atoms with van der Waals surface area (Å²) in [5, 5.41) is 4.76. The molecular weight excluding hydrogens is 336 g/mol. The first-order chi connectivity index (χ1) is 11.3. The van der Waals surface area contributed by atoms with Crippen molar-refractivity contribution in [1.82, 2.24) is 10.6 Å². The van der Waals surface area contributed by atoms with E-state index in [4.69, 9.17) is 0 Å². The maximum atomic E-state index is 12.0. The third-order valence-electron chi connectivity index (χ3n) is 2.86. The van der Waals surface area contributed by atoms with Crippen LogP contribution in [0.3, 0.4) is 0 Å². The topological polar surface area (TPSA) is 119 Å². The van der Waals surface area contributed by atoms with Gasteiger partial charge in [0.1, 0.15) is 0 Å². The Morgan fingerprint density at radius 1 is 1.04 bits per heavy atom. The molecule has 24 heavy (non-hydrogen) atoms. The number of carbonyl (C=O) groups excluding carboxylic acids is 3. The molecule has 1 aromatic rings. The van der Waals surface area contributed by atoms with E-state index in [2.05, 4.69) is 15.4 Å². The highest BCUT2D eigenvalue weighted by atomic mass is 32.2. The minimum Gasteiger partial charge on any atom is -0.456 e. The molecule has 0 saturated carbocycles. The van der Waals surface area contributed by atoms with Gasteiger partial charge in [-0.2, -0.15) is 0 Å². The molecule has 0 fully saturated rings. The Labute approximate surface area is 140 Å². The van der Waals surface area contributed by atoms with Crippen LogP contribution in [0.15, 0.2) is 35.2 Å². The van der Waals surface area contributed by atoms with Crippen molar-refractivity contribution in [1.29, 1.82) is 0 Å². The van der Waals surface area contributed by atoms with Crippen LogP contribution in [-0.4, -0.2) is 51.7 Å². The lowest BCUT2D eigenvalue weighted by Crippen LogP contribution is -2.38. The first-order valence-electron chi connectivity index (χ1n) is 7.32. The van der Waals surface area contributed by atoms with E-state index < -0.39 is 34.1 Å². The molecule has 0 heterocycles. The van der Waals surface area contributed by atoms with Gasteiger partial charge in [0.25, 0.3) is 5.91 Å². The van der Waals surface area contributed by atoms with Crippen LogP contribution in [0.4, 0.5) is 0 Å². The van der Waals surface area contributed by atoms with E-state index in [9.17, 15) is 22.8 Å². The van der Waals surface area contributed by atoms with E-state index in [0.29, 0.717) is 6.54 Å². The molecule has 1 aromatic carbocycles. The summed E-state index contributed by atoms with van der Waals surface area (Å²) >= 11 is 0. The van der Waals surface area contributed by atoms with Crippen molar-refractivity contribution in [3.8, 4) is 0 Å². The smallest absolute Gasteiger partial charge is 0.307 e. The van der Waals surface area contributed by atoms with Crippen molar-refractivity contribution in [3.63, 3.8) is 0 Å². The minimum atomic E-state index is -3.58. The molecule has 0 spiro atoms. The van der Waals surface area contributed by atoms with Gasteiger partial charge in [0.2, 0.25) is 5.91 Å². The van der Waals surface area contributed by atoms with Crippen molar-refractivity contribution in [2.45, 2.75) is 18.2 Å². The van der Waals surface area contributed by atoms with E-state index in [1.807, 2.05) is 0 Å². The second-order valence-electron chi connectivity index (χ2n) is 4.77. The van der Waals surface area contributed by atoms with Gasteiger partial charge >= 0.3 is 5.97 Å². The monoisotopic (exact) mass is 356 g/mol. The Balaban J connectivity index is 2.32. The van der Waals surface area contributed by atoms with Crippen molar-refractivity contribution in [2.75, 3.05) is 25.4 Å². The zero-order valence-corrected chi connectivity index (χ0v) is 14.1. The summed E-state index contributed by atoms with van der Waals surface area (Å²) in [7, 11) is -3.58. The lowest BCUT2D eigenvalue weighted by atomic mass is 10.4. The molecule has 8 nitrogen and oxygen atoms in total. The number of amides is 2. The van der Waals surface area contributed by atoms with Crippen LogP contribution in [-0.2, 0) is 29.0 Å². The van der Waals surface area contributed by atoms with Crippen LogP contribution in [0.25, 0.3) is 0 Å². The number of benzene rings is 1. The van der Waals surface area contributed by atoms with Gasteiger partial charge in [-0.15, -0.1) is 0 Å². The van der Waals surface area contributed by atoms with Crippen molar-refractivity contribution in [2.24, 2.45) is 0 Å². The molecule has 0 aromatic heterocycles. The summed E-state index contributed by atoms with van der Waals surface area (Å²) in [6.07, 6.45) is -0.360. The van der Waals surface area contributed by atoms with E-state index in [1.54, 1.807) is 25.1 Å². The molecule has 2 amide bonds. The second kappa shape index (κ2) is 9.66. The molecule has 0 unspecified atom stereocenters. The van der Waals surface area contributed by atoms with Crippen molar-refractivity contribution < 1.29 is 27.5 Å². The molecule has 0 saturated heterocycles. The highest BCUT2D eigenvalue weighted by Crippen LogP contribution is 2.11. The van der Waals surface area contributed by atoms with Crippen LogP contribution >= 0.6 is 0 Å². The maximum Gasteiger partial charge on any atom is 0.307 e. The summed E-state index contributed by atoms with van der Waals surface area (Å²) in [6, 6.07) is 7.74. The molecule has 0 bridgehead atoms. The lowest BCUT2D eigenvalue weighted by molar-refractivity contribution is -0.148. The Kier molecular flexibility index (Phi) is 7.90. The number of carbonyl (C=O) groups is 3. The van der Waals surface area contributed by atoms with E-state index >= 15 is 0 Å². The number of ether oxygens (including phenoxy) is 1. The highest BCUT2D eigenvalue weighted by Gasteiger charge is 2.17. The second-order valence-corrected chi connectivity index (χ2v) is 6.88. The Hall–Kier alpha value is -2.42. The molecule has 9 heteroatoms. The van der Waals surface area contributed by atoms with Gasteiger partial charge in [0.15, 0.2) is 16.4 Å². The van der Waals surface area contributed by atoms with Crippen LogP contribution < -0.4 is 10.6 Å². The molecule has 132 valence electrons. The van der Waals surface area contributed by atoms with E-state index in [-0.39, 0.29) is 23.8 Å². The van der Waals surface area contributed by atoms with Crippen molar-refractivity contribution >= 4 is 27.6 Å². The zero-order chi connectivity index (χ0) is 18.0. The predicted molar refractivity (Wildman–Crippen MR) is 85.8 cm³/mol. The average molecular weight is 356 g/mol. The Bertz CT molecular complexity index is 672. The first kappa shape index (κ1) is 19.6. The summed E-state index contributed by atoms with van der Waals surface area (Å²) in [6.45, 7) is 1.40. The summed E-state index contributed by atoms with van der Waals surface area (Å²) in [5.41, 5.74) is 0. The van der Waals surface area contributed by atoms with Crippen molar-refractivity contribution in [3.05, 3.63) is 30.3 Å². The number of hydrogen-bond donors (Lipinski definition) is 2. The van der Waals surface area contributed by atoms with E-state index in [0.717, 1.165) is 0 Å². The molecule has 0 radical (unpaired) electrons. The van der Waals surface area contributed by atoms with Crippen LogP contribution in [0, 0.1) is 0 Å². The standard InChI is InChI=1S/C15H20N2O6S/c1-2-16-13(18)10-17-14(19)11-23-15(20)8-9-24(21,22)12-6-4-3-5-7-12/h3-7H,2,8-11H2,1H3,(H,16,18)(H,17,19). The van der Waals surface area contributed by atoms with Gasteiger partial charge in [-0.3, -0.25) is 14.4 Å². The third-order valence-corrected chi connectivity index (χ3v) is 4.59. The van der Waals surface area contributed by atoms with Gasteiger partial charge < -0.3 is 15.4 Å². The summed E-state index contributed by atoms with van der Waals surface area (Å²) < 4.78 is 28.6. The molecule has 1 rings (SSSR count). The minimum absolute atomic E-state index is 0.123. The number of hydrogen-bond acceptors (Lipinski definition) is 6. The number of nitrogens with one attached hydrogen (secondary N) is 2. The number of esters is 1. The Morgan fingerprint density at radius 3 is 2.33 bits per heavy atom. The van der Waals surface area contributed by atoms with Gasteiger partial charge in [0, 0.05) is 6.54 Å². The quantitative estimate of drug-likeness (QED) is 0.584. The Morgan fingerprint density at radius 2 is 1.71 bits per heavy atom. The molecule has 0 aliphatic heterocycles. The third kappa shape index (κ3) is 7.23. The van der Waals surface area contributed by atoms with Crippen LogP contribution in [0.5, 0.6) is 0 Å². The summed E-state index contributed by atoms with van der Waals surface area (Å²) in [5.74, 6) is -2.20. The van der Waals surface area contributed by atoms with Crippen LogP contribution in [0.2, 0.25) is 0 Å². The number of likely N-dealkylation sites (N-methyl/N-ethyl adjacent to an activating group) is 1. The van der Waals surface area contributed by atoms with Gasteiger partial charge in [-0.1, -0.05) is 18.2 Å². The number of sulfone groups is 1. The van der Waals surface area contributed by atoms with Gasteiger partial charge in [0.05, 0.1) is 23.6 Å². The maximum absolute atomic E-state index is 12.0. The largest absolute Gasteiger partial charge is 0.456 e. The molecular formula is C15H20N2O6S. The fourth-order valence-electron chi connectivity index (χ4n) is 1.67. The molecule has 0 aliphatic rings. The zero-order valence-electron chi connectivity index (χ0n) is 13.3. The normalized spacial score (nSPS) is 10.7. The average Bonchev–Trinajstić information content (AvgIpc) is 2.57. The van der Waals surface area contributed by atoms with Gasteiger partial charge in [-0.05, 0) is 19.1 Å².